The van der Waals surface area contributed by atoms with Gasteiger partial charge in [0.1, 0.15) is 11.6 Å². The second-order valence-electron chi connectivity index (χ2n) is 9.17. The maximum absolute atomic E-state index is 12.8. The lowest BCUT2D eigenvalue weighted by atomic mass is 9.90. The van der Waals surface area contributed by atoms with Crippen LogP contribution in [0.1, 0.15) is 50.8 Å². The molecule has 2 aromatic heterocycles. The molecule has 1 fully saturated rings. The number of aromatic amines is 1. The van der Waals surface area contributed by atoms with Crippen molar-refractivity contribution in [2.24, 2.45) is 0 Å². The molecule has 0 amide bonds. The molecule has 0 bridgehead atoms. The van der Waals surface area contributed by atoms with Gasteiger partial charge >= 0.3 is 5.97 Å². The molecule has 0 radical (unpaired) electrons. The standard InChI is InChI=1S/C22H30N6O3/c1-6-27-13-14(7-8-18(27)21(30)31-22(2,3)4)17-9-19(29)28-20(25-17)16(11-24-28)15-10-23-26(5)12-15/h6,9,11-12,14,18,23-24H,1,7-8,10,13H2,2-5H3/t14-,18-/m0/s1. The Labute approximate surface area is 181 Å². The molecule has 0 saturated carbocycles. The van der Waals surface area contributed by atoms with E-state index in [4.69, 9.17) is 9.72 Å². The van der Waals surface area contributed by atoms with Crippen LogP contribution in [0.2, 0.25) is 0 Å². The van der Waals surface area contributed by atoms with Crippen LogP contribution in [0, 0.1) is 0 Å². The maximum Gasteiger partial charge on any atom is 0.329 e. The zero-order valence-corrected chi connectivity index (χ0v) is 18.5. The monoisotopic (exact) mass is 426 g/mol. The zero-order chi connectivity index (χ0) is 22.3. The van der Waals surface area contributed by atoms with Gasteiger partial charge in [-0.2, -0.15) is 0 Å². The molecule has 0 spiro atoms. The second-order valence-corrected chi connectivity index (χ2v) is 9.17. The fourth-order valence-electron chi connectivity index (χ4n) is 4.21. The number of hydrogen-bond donors (Lipinski definition) is 2. The molecule has 4 rings (SSSR count). The van der Waals surface area contributed by atoms with Gasteiger partial charge in [0.2, 0.25) is 0 Å². The molecular formula is C22H30N6O3. The van der Waals surface area contributed by atoms with Crippen molar-refractivity contribution < 1.29 is 9.53 Å². The lowest BCUT2D eigenvalue weighted by Crippen LogP contribution is -2.46. The van der Waals surface area contributed by atoms with Crippen LogP contribution < -0.4 is 11.0 Å². The summed E-state index contributed by atoms with van der Waals surface area (Å²) in [6.07, 6.45) is 6.85. The number of nitrogens with zero attached hydrogens (tertiary/aromatic N) is 4. The minimum Gasteiger partial charge on any atom is -0.458 e. The number of nitrogens with one attached hydrogen (secondary N) is 2. The highest BCUT2D eigenvalue weighted by molar-refractivity contribution is 5.77. The summed E-state index contributed by atoms with van der Waals surface area (Å²) < 4.78 is 7.05. The Morgan fingerprint density at radius 1 is 1.35 bits per heavy atom. The van der Waals surface area contributed by atoms with Gasteiger partial charge in [-0.15, -0.1) is 0 Å². The summed E-state index contributed by atoms with van der Waals surface area (Å²) in [5.74, 6) is -0.220. The molecule has 9 nitrogen and oxygen atoms in total. The van der Waals surface area contributed by atoms with Crippen molar-refractivity contribution in [1.82, 2.24) is 29.9 Å². The highest BCUT2D eigenvalue weighted by Crippen LogP contribution is 2.31. The van der Waals surface area contributed by atoms with Crippen molar-refractivity contribution in [2.75, 3.05) is 20.1 Å². The topological polar surface area (TPSA) is 95.0 Å². The van der Waals surface area contributed by atoms with Gasteiger partial charge in [-0.1, -0.05) is 6.58 Å². The number of rotatable bonds is 4. The molecule has 0 aliphatic carbocycles. The van der Waals surface area contributed by atoms with E-state index in [1.807, 2.05) is 50.1 Å². The summed E-state index contributed by atoms with van der Waals surface area (Å²) in [7, 11) is 1.93. The van der Waals surface area contributed by atoms with Gasteiger partial charge in [-0.3, -0.25) is 9.89 Å². The van der Waals surface area contributed by atoms with Gasteiger partial charge in [0.05, 0.1) is 5.69 Å². The number of likely N-dealkylation sites (tertiary alicyclic amines) is 1. The van der Waals surface area contributed by atoms with Gasteiger partial charge in [-0.25, -0.2) is 19.7 Å². The predicted molar refractivity (Wildman–Crippen MR) is 118 cm³/mol. The summed E-state index contributed by atoms with van der Waals surface area (Å²) in [5.41, 5.74) is 5.84. The predicted octanol–water partition coefficient (Wildman–Crippen LogP) is 1.85. The number of ether oxygens (including phenoxy) is 1. The Morgan fingerprint density at radius 2 is 2.13 bits per heavy atom. The van der Waals surface area contributed by atoms with E-state index < -0.39 is 5.60 Å². The molecule has 0 unspecified atom stereocenters. The molecule has 2 aromatic rings. The maximum atomic E-state index is 12.8. The van der Waals surface area contributed by atoms with E-state index in [1.165, 1.54) is 4.52 Å². The molecule has 0 aromatic carbocycles. The van der Waals surface area contributed by atoms with Crippen molar-refractivity contribution >= 4 is 17.2 Å². The second kappa shape index (κ2) is 7.88. The number of hydrazine groups is 1. The number of aromatic nitrogens is 3. The van der Waals surface area contributed by atoms with Crippen LogP contribution in [0.25, 0.3) is 11.2 Å². The molecular weight excluding hydrogens is 396 g/mol. The first kappa shape index (κ1) is 21.2. The molecule has 31 heavy (non-hydrogen) atoms. The van der Waals surface area contributed by atoms with Crippen molar-refractivity contribution in [3.05, 3.63) is 52.9 Å². The largest absolute Gasteiger partial charge is 0.458 e. The van der Waals surface area contributed by atoms with Gasteiger partial charge in [0.25, 0.3) is 5.56 Å². The first-order chi connectivity index (χ1) is 14.7. The summed E-state index contributed by atoms with van der Waals surface area (Å²) in [4.78, 5) is 32.2. The number of hydrogen-bond acceptors (Lipinski definition) is 7. The summed E-state index contributed by atoms with van der Waals surface area (Å²) in [6.45, 7) is 10.7. The molecule has 166 valence electrons. The SMILES string of the molecule is C=CN1C[C@@H](c2cc(=O)n3[nH]cc(C4=CN(C)NC4)c3n2)CC[C@H]1C(=O)OC(C)(C)C. The van der Waals surface area contributed by atoms with Crippen molar-refractivity contribution in [3.8, 4) is 0 Å². The number of esters is 1. The molecule has 2 aliphatic heterocycles. The lowest BCUT2D eigenvalue weighted by molar-refractivity contribution is -0.161. The van der Waals surface area contributed by atoms with Crippen molar-refractivity contribution in [3.63, 3.8) is 0 Å². The van der Waals surface area contributed by atoms with Gasteiger partial charge in [-0.05, 0) is 45.4 Å². The van der Waals surface area contributed by atoms with Crippen LogP contribution in [-0.2, 0) is 9.53 Å². The highest BCUT2D eigenvalue weighted by Gasteiger charge is 2.35. The number of carbonyl (C=O) groups is 1. The highest BCUT2D eigenvalue weighted by atomic mass is 16.6. The minimum atomic E-state index is -0.537. The Balaban J connectivity index is 1.61. The number of H-pyrrole nitrogens is 1. The summed E-state index contributed by atoms with van der Waals surface area (Å²) in [5, 5.41) is 4.90. The third-order valence-corrected chi connectivity index (χ3v) is 5.68. The van der Waals surface area contributed by atoms with Gasteiger partial charge in [0, 0.05) is 50.1 Å². The average molecular weight is 427 g/mol. The first-order valence-corrected chi connectivity index (χ1v) is 10.6. The quantitative estimate of drug-likeness (QED) is 0.721. The van der Waals surface area contributed by atoms with Crippen LogP contribution >= 0.6 is 0 Å². The number of fused-ring (bicyclic) bond motifs is 1. The summed E-state index contributed by atoms with van der Waals surface area (Å²) >= 11 is 0. The zero-order valence-electron chi connectivity index (χ0n) is 18.5. The average Bonchev–Trinajstić information content (AvgIpc) is 3.32. The third kappa shape index (κ3) is 4.23. The molecule has 4 heterocycles. The normalized spacial score (nSPS) is 22.0. The minimum absolute atomic E-state index is 0.0236. The first-order valence-electron chi connectivity index (χ1n) is 10.6. The Kier molecular flexibility index (Phi) is 5.38. The van der Waals surface area contributed by atoms with E-state index in [0.717, 1.165) is 23.3 Å². The van der Waals surface area contributed by atoms with E-state index in [9.17, 15) is 9.59 Å². The van der Waals surface area contributed by atoms with E-state index in [2.05, 4.69) is 17.1 Å². The van der Waals surface area contributed by atoms with Gasteiger partial charge < -0.3 is 14.6 Å². The summed E-state index contributed by atoms with van der Waals surface area (Å²) in [6, 6.07) is 1.21. The lowest BCUT2D eigenvalue weighted by Gasteiger charge is -2.38. The van der Waals surface area contributed by atoms with Gasteiger partial charge in [0.15, 0.2) is 5.65 Å². The molecule has 2 atom stereocenters. The van der Waals surface area contributed by atoms with Crippen molar-refractivity contribution in [1.29, 1.82) is 0 Å². The van der Waals surface area contributed by atoms with Crippen LogP contribution in [-0.4, -0.2) is 62.3 Å². The Hall–Kier alpha value is -3.07. The van der Waals surface area contributed by atoms with E-state index in [0.29, 0.717) is 25.2 Å². The van der Waals surface area contributed by atoms with E-state index in [1.54, 1.807) is 12.3 Å². The number of carbonyl (C=O) groups excluding carboxylic acids is 1. The van der Waals surface area contributed by atoms with Crippen LogP contribution in [0.4, 0.5) is 0 Å². The molecule has 1 saturated heterocycles. The van der Waals surface area contributed by atoms with E-state index >= 15 is 0 Å². The van der Waals surface area contributed by atoms with Crippen LogP contribution in [0.5, 0.6) is 0 Å². The molecule has 9 heteroatoms. The third-order valence-electron chi connectivity index (χ3n) is 5.68. The van der Waals surface area contributed by atoms with E-state index in [-0.39, 0.29) is 23.5 Å². The number of piperidine rings is 1. The van der Waals surface area contributed by atoms with Crippen LogP contribution in [0.15, 0.2) is 36.0 Å². The Morgan fingerprint density at radius 3 is 2.77 bits per heavy atom. The van der Waals surface area contributed by atoms with Crippen LogP contribution in [0.3, 0.4) is 0 Å². The fraction of sp³-hybridized carbons (Fsp3) is 0.500. The Bertz CT molecular complexity index is 1090. The smallest absolute Gasteiger partial charge is 0.329 e. The molecule has 2 N–H and O–H groups in total. The fourth-order valence-corrected chi connectivity index (χ4v) is 4.21. The molecule has 2 aliphatic rings. The van der Waals surface area contributed by atoms with Crippen molar-refractivity contribution in [2.45, 2.75) is 51.2 Å².